The number of carbonyl (C=O) groups excluding carboxylic acids is 1. The molecule has 1 unspecified atom stereocenters. The molecule has 0 spiro atoms. The lowest BCUT2D eigenvalue weighted by Gasteiger charge is -2.09. The average molecular weight is 325 g/mol. The smallest absolute Gasteiger partial charge is 0.407 e. The largest absolute Gasteiger partial charge is 0.453 e. The molecule has 120 valence electrons. The van der Waals surface area contributed by atoms with E-state index in [1.807, 2.05) is 6.92 Å². The van der Waals surface area contributed by atoms with Crippen LogP contribution < -0.4 is 10.1 Å². The van der Waals surface area contributed by atoms with Crippen LogP contribution in [0.1, 0.15) is 24.8 Å². The highest BCUT2D eigenvalue weighted by Crippen LogP contribution is 2.17. The zero-order chi connectivity index (χ0) is 16.2. The summed E-state index contributed by atoms with van der Waals surface area (Å²) in [6.45, 7) is 1.89. The standard InChI is InChI=1S/C14H19N3O4S/c1-10-3-7-13(8-4-10)22(19,20)17-16-12-6-5-11(9-12)15-14(18)21-2/h3-4,7-8,11,17H,5-6,9H2,1-2H3,(H,15,18). The highest BCUT2D eigenvalue weighted by molar-refractivity contribution is 7.89. The summed E-state index contributed by atoms with van der Waals surface area (Å²) in [5, 5.41) is 6.64. The number of nitrogens with one attached hydrogen (secondary N) is 2. The number of hydrazone groups is 1. The normalized spacial score (nSPS) is 19.9. The van der Waals surface area contributed by atoms with Crippen molar-refractivity contribution in [3.8, 4) is 0 Å². The van der Waals surface area contributed by atoms with Crippen molar-refractivity contribution >= 4 is 21.8 Å². The minimum atomic E-state index is -3.66. The zero-order valence-electron chi connectivity index (χ0n) is 12.5. The quantitative estimate of drug-likeness (QED) is 0.821. The highest BCUT2D eigenvalue weighted by Gasteiger charge is 2.23. The van der Waals surface area contributed by atoms with Crippen LogP contribution in [0.3, 0.4) is 0 Å². The first-order chi connectivity index (χ1) is 10.4. The SMILES string of the molecule is COC(=O)NC1CCC(=NNS(=O)(=O)c2ccc(C)cc2)C1. The van der Waals surface area contributed by atoms with E-state index in [0.717, 1.165) is 5.56 Å². The molecule has 7 nitrogen and oxygen atoms in total. The lowest BCUT2D eigenvalue weighted by atomic mass is 10.2. The van der Waals surface area contributed by atoms with Gasteiger partial charge in [-0.05, 0) is 31.9 Å². The Labute approximate surface area is 129 Å². The lowest BCUT2D eigenvalue weighted by Crippen LogP contribution is -2.32. The number of ether oxygens (including phenoxy) is 1. The van der Waals surface area contributed by atoms with Gasteiger partial charge in [0.05, 0.1) is 12.0 Å². The van der Waals surface area contributed by atoms with Crippen LogP contribution >= 0.6 is 0 Å². The lowest BCUT2D eigenvalue weighted by molar-refractivity contribution is 0.167. The molecule has 0 aliphatic heterocycles. The van der Waals surface area contributed by atoms with Gasteiger partial charge in [0, 0.05) is 18.2 Å². The van der Waals surface area contributed by atoms with E-state index in [4.69, 9.17) is 0 Å². The Kier molecular flexibility index (Phi) is 5.02. The molecule has 0 heterocycles. The van der Waals surface area contributed by atoms with E-state index in [-0.39, 0.29) is 10.9 Å². The maximum Gasteiger partial charge on any atom is 0.407 e. The van der Waals surface area contributed by atoms with Crippen LogP contribution in [0, 0.1) is 6.92 Å². The molecule has 1 aromatic carbocycles. The van der Waals surface area contributed by atoms with E-state index in [1.54, 1.807) is 12.1 Å². The molecule has 0 saturated heterocycles. The Bertz CT molecular complexity index is 668. The Morgan fingerprint density at radius 1 is 1.32 bits per heavy atom. The van der Waals surface area contributed by atoms with Crippen molar-refractivity contribution in [3.05, 3.63) is 29.8 Å². The summed E-state index contributed by atoms with van der Waals surface area (Å²) in [5.41, 5.74) is 1.69. The molecule has 0 radical (unpaired) electrons. The van der Waals surface area contributed by atoms with E-state index in [1.165, 1.54) is 19.2 Å². The maximum absolute atomic E-state index is 12.1. The molecule has 8 heteroatoms. The first-order valence-electron chi connectivity index (χ1n) is 6.89. The van der Waals surface area contributed by atoms with Gasteiger partial charge in [0.15, 0.2) is 0 Å². The number of hydrogen-bond acceptors (Lipinski definition) is 5. The molecule has 1 aromatic rings. The number of sulfonamides is 1. The molecular formula is C14H19N3O4S. The molecule has 0 aromatic heterocycles. The Hall–Kier alpha value is -2.09. The van der Waals surface area contributed by atoms with Gasteiger partial charge in [0.25, 0.3) is 10.0 Å². The summed E-state index contributed by atoms with van der Waals surface area (Å²) >= 11 is 0. The van der Waals surface area contributed by atoms with Gasteiger partial charge in [0.1, 0.15) is 0 Å². The number of amides is 1. The summed E-state index contributed by atoms with van der Waals surface area (Å²) in [4.78, 5) is 13.5. The Morgan fingerprint density at radius 2 is 2.00 bits per heavy atom. The monoisotopic (exact) mass is 325 g/mol. The predicted octanol–water partition coefficient (Wildman–Crippen LogP) is 1.54. The first-order valence-corrected chi connectivity index (χ1v) is 8.37. The molecule has 0 bridgehead atoms. The second kappa shape index (κ2) is 6.78. The van der Waals surface area contributed by atoms with Gasteiger partial charge in [-0.25, -0.2) is 9.63 Å². The topological polar surface area (TPSA) is 96.9 Å². The van der Waals surface area contributed by atoms with Crippen LogP contribution in [0.25, 0.3) is 0 Å². The van der Waals surface area contributed by atoms with Crippen molar-refractivity contribution in [2.45, 2.75) is 37.1 Å². The molecule has 22 heavy (non-hydrogen) atoms. The average Bonchev–Trinajstić information content (AvgIpc) is 2.93. The zero-order valence-corrected chi connectivity index (χ0v) is 13.3. The third kappa shape index (κ3) is 4.20. The molecule has 1 aliphatic carbocycles. The van der Waals surface area contributed by atoms with E-state index in [9.17, 15) is 13.2 Å². The van der Waals surface area contributed by atoms with Gasteiger partial charge in [0.2, 0.25) is 0 Å². The molecule has 2 rings (SSSR count). The molecule has 2 N–H and O–H groups in total. The van der Waals surface area contributed by atoms with Crippen LogP contribution in [0.5, 0.6) is 0 Å². The van der Waals surface area contributed by atoms with Gasteiger partial charge in [-0.2, -0.15) is 13.5 Å². The summed E-state index contributed by atoms with van der Waals surface area (Å²) < 4.78 is 28.7. The van der Waals surface area contributed by atoms with Crippen molar-refractivity contribution < 1.29 is 17.9 Å². The highest BCUT2D eigenvalue weighted by atomic mass is 32.2. The number of methoxy groups -OCH3 is 1. The van der Waals surface area contributed by atoms with E-state index >= 15 is 0 Å². The second-order valence-corrected chi connectivity index (χ2v) is 6.82. The Balaban J connectivity index is 1.97. The molecule has 1 amide bonds. The fourth-order valence-corrected chi connectivity index (χ4v) is 3.02. The number of hydrogen-bond donors (Lipinski definition) is 2. The van der Waals surface area contributed by atoms with Crippen molar-refractivity contribution in [2.75, 3.05) is 7.11 Å². The number of aryl methyl sites for hydroxylation is 1. The van der Waals surface area contributed by atoms with E-state index in [0.29, 0.717) is 25.0 Å². The molecule has 1 fully saturated rings. The van der Waals surface area contributed by atoms with Crippen LogP contribution in [0.4, 0.5) is 4.79 Å². The van der Waals surface area contributed by atoms with Crippen molar-refractivity contribution in [2.24, 2.45) is 5.10 Å². The Morgan fingerprint density at radius 3 is 2.64 bits per heavy atom. The number of rotatable bonds is 4. The van der Waals surface area contributed by atoms with E-state index in [2.05, 4.69) is 20.0 Å². The fourth-order valence-electron chi connectivity index (χ4n) is 2.17. The minimum Gasteiger partial charge on any atom is -0.453 e. The van der Waals surface area contributed by atoms with Crippen molar-refractivity contribution in [1.29, 1.82) is 0 Å². The molecular weight excluding hydrogens is 306 g/mol. The summed E-state index contributed by atoms with van der Waals surface area (Å²) in [5.74, 6) is 0. The third-order valence-electron chi connectivity index (χ3n) is 3.43. The maximum atomic E-state index is 12.1. The van der Waals surface area contributed by atoms with Gasteiger partial charge >= 0.3 is 6.09 Å². The van der Waals surface area contributed by atoms with Crippen LogP contribution in [-0.4, -0.2) is 33.4 Å². The summed E-state index contributed by atoms with van der Waals surface area (Å²) in [6.07, 6.45) is 1.35. The number of alkyl carbamates (subject to hydrolysis) is 1. The van der Waals surface area contributed by atoms with Gasteiger partial charge in [-0.3, -0.25) is 0 Å². The van der Waals surface area contributed by atoms with Crippen molar-refractivity contribution in [1.82, 2.24) is 10.1 Å². The number of carbonyl (C=O) groups is 1. The molecule has 1 atom stereocenters. The third-order valence-corrected chi connectivity index (χ3v) is 4.65. The van der Waals surface area contributed by atoms with Crippen molar-refractivity contribution in [3.63, 3.8) is 0 Å². The number of nitrogens with zero attached hydrogens (tertiary/aromatic N) is 1. The van der Waals surface area contributed by atoms with Crippen LogP contribution in [0.15, 0.2) is 34.3 Å². The number of benzene rings is 1. The fraction of sp³-hybridized carbons (Fsp3) is 0.429. The van der Waals surface area contributed by atoms with Gasteiger partial charge < -0.3 is 10.1 Å². The predicted molar refractivity (Wildman–Crippen MR) is 82.1 cm³/mol. The van der Waals surface area contributed by atoms with Gasteiger partial charge in [-0.15, -0.1) is 0 Å². The van der Waals surface area contributed by atoms with Crippen LogP contribution in [0.2, 0.25) is 0 Å². The summed E-state index contributed by atoms with van der Waals surface area (Å²) in [7, 11) is -2.36. The minimum absolute atomic E-state index is 0.0740. The van der Waals surface area contributed by atoms with Crippen LogP contribution in [-0.2, 0) is 14.8 Å². The molecule has 1 saturated carbocycles. The summed E-state index contributed by atoms with van der Waals surface area (Å²) in [6, 6.07) is 6.46. The molecule has 1 aliphatic rings. The second-order valence-electron chi connectivity index (χ2n) is 5.16. The first kappa shape index (κ1) is 16.3. The van der Waals surface area contributed by atoms with E-state index < -0.39 is 16.1 Å². The van der Waals surface area contributed by atoms with Gasteiger partial charge in [-0.1, -0.05) is 17.7 Å².